The molecule has 1 unspecified atom stereocenters. The molecule has 2 aliphatic heterocycles. The van der Waals surface area contributed by atoms with Crippen LogP contribution >= 0.6 is 0 Å². The third-order valence-electron chi connectivity index (χ3n) is 4.51. The molecule has 0 aromatic carbocycles. The zero-order chi connectivity index (χ0) is 14.3. The van der Waals surface area contributed by atoms with E-state index in [0.717, 1.165) is 19.3 Å². The van der Waals surface area contributed by atoms with Crippen LogP contribution < -0.4 is 0 Å². The van der Waals surface area contributed by atoms with Gasteiger partial charge in [-0.1, -0.05) is 13.8 Å². The van der Waals surface area contributed by atoms with Gasteiger partial charge in [-0.25, -0.2) is 4.98 Å². The number of aromatic nitrogens is 1. The molecule has 1 aromatic rings. The molecule has 5 heteroatoms. The van der Waals surface area contributed by atoms with E-state index in [-0.39, 0.29) is 30.0 Å². The Balaban J connectivity index is 1.88. The van der Waals surface area contributed by atoms with Gasteiger partial charge in [0.05, 0.1) is 6.10 Å². The maximum atomic E-state index is 12.8. The first-order valence-electron chi connectivity index (χ1n) is 7.52. The molecule has 3 rings (SSSR count). The lowest BCUT2D eigenvalue weighted by Crippen LogP contribution is -2.56. The molecule has 3 heterocycles. The monoisotopic (exact) mass is 278 g/mol. The highest BCUT2D eigenvalue weighted by molar-refractivity contribution is 5.94. The summed E-state index contributed by atoms with van der Waals surface area (Å²) in [6.45, 7) is 4.00. The number of aliphatic hydroxyl groups excluding tert-OH is 1. The molecule has 0 spiro atoms. The van der Waals surface area contributed by atoms with Crippen molar-refractivity contribution in [1.29, 1.82) is 0 Å². The van der Waals surface area contributed by atoms with Crippen molar-refractivity contribution in [2.75, 3.05) is 0 Å². The van der Waals surface area contributed by atoms with Gasteiger partial charge in [0.15, 0.2) is 12.1 Å². The van der Waals surface area contributed by atoms with Gasteiger partial charge in [-0.15, -0.1) is 0 Å². The second-order valence-corrected chi connectivity index (χ2v) is 6.30. The molecule has 1 aromatic heterocycles. The number of carbonyl (C=O) groups excluding carboxylic acids is 1. The van der Waals surface area contributed by atoms with E-state index in [9.17, 15) is 9.90 Å². The van der Waals surface area contributed by atoms with E-state index < -0.39 is 0 Å². The molecular formula is C15H22N2O3. The Morgan fingerprint density at radius 1 is 1.40 bits per heavy atom. The maximum absolute atomic E-state index is 12.8. The Labute approximate surface area is 119 Å². The number of fused-ring (bicyclic) bond motifs is 2. The van der Waals surface area contributed by atoms with Crippen molar-refractivity contribution < 1.29 is 14.3 Å². The average molecular weight is 278 g/mol. The van der Waals surface area contributed by atoms with E-state index in [4.69, 9.17) is 4.42 Å². The maximum Gasteiger partial charge on any atom is 0.276 e. The van der Waals surface area contributed by atoms with Crippen LogP contribution in [-0.4, -0.2) is 39.1 Å². The van der Waals surface area contributed by atoms with Crippen molar-refractivity contribution in [2.45, 2.75) is 70.1 Å². The summed E-state index contributed by atoms with van der Waals surface area (Å²) in [6, 6.07) is 0.309. The topological polar surface area (TPSA) is 66.6 Å². The van der Waals surface area contributed by atoms with Crippen molar-refractivity contribution in [3.63, 3.8) is 0 Å². The van der Waals surface area contributed by atoms with Crippen LogP contribution in [0.4, 0.5) is 0 Å². The number of hydrogen-bond donors (Lipinski definition) is 1. The van der Waals surface area contributed by atoms with Gasteiger partial charge in [0.25, 0.3) is 5.91 Å². The first kappa shape index (κ1) is 13.6. The molecule has 1 N–H and O–H groups in total. The van der Waals surface area contributed by atoms with Gasteiger partial charge in [0, 0.05) is 18.0 Å². The molecule has 2 fully saturated rings. The quantitative estimate of drug-likeness (QED) is 0.901. The molecule has 2 aliphatic rings. The Morgan fingerprint density at radius 2 is 2.05 bits per heavy atom. The van der Waals surface area contributed by atoms with Crippen LogP contribution in [0.1, 0.15) is 68.1 Å². The van der Waals surface area contributed by atoms with Gasteiger partial charge < -0.3 is 14.4 Å². The highest BCUT2D eigenvalue weighted by Gasteiger charge is 2.41. The summed E-state index contributed by atoms with van der Waals surface area (Å²) in [5, 5.41) is 9.92. The van der Waals surface area contributed by atoms with E-state index >= 15 is 0 Å². The highest BCUT2D eigenvalue weighted by atomic mass is 16.3. The number of amides is 1. The van der Waals surface area contributed by atoms with Crippen molar-refractivity contribution >= 4 is 5.91 Å². The lowest BCUT2D eigenvalue weighted by atomic mass is 9.82. The van der Waals surface area contributed by atoms with Gasteiger partial charge >= 0.3 is 0 Å². The van der Waals surface area contributed by atoms with Crippen LogP contribution in [-0.2, 0) is 0 Å². The number of aliphatic hydroxyl groups is 1. The molecule has 5 nitrogen and oxygen atoms in total. The molecule has 3 atom stereocenters. The van der Waals surface area contributed by atoms with E-state index in [2.05, 4.69) is 4.98 Å². The van der Waals surface area contributed by atoms with Gasteiger partial charge in [-0.3, -0.25) is 4.79 Å². The Kier molecular flexibility index (Phi) is 3.54. The van der Waals surface area contributed by atoms with Crippen LogP contribution in [0.2, 0.25) is 0 Å². The molecular weight excluding hydrogens is 256 g/mol. The number of oxazole rings is 1. The Bertz CT molecular complexity index is 483. The summed E-state index contributed by atoms with van der Waals surface area (Å²) >= 11 is 0. The van der Waals surface area contributed by atoms with E-state index in [0.29, 0.717) is 24.3 Å². The fraction of sp³-hybridized carbons (Fsp3) is 0.733. The fourth-order valence-electron chi connectivity index (χ4n) is 3.63. The molecule has 0 radical (unpaired) electrons. The minimum absolute atomic E-state index is 0.0240. The van der Waals surface area contributed by atoms with Gasteiger partial charge in [0.2, 0.25) is 0 Å². The number of carbonyl (C=O) groups is 1. The fourth-order valence-corrected chi connectivity index (χ4v) is 3.63. The van der Waals surface area contributed by atoms with Crippen molar-refractivity contribution in [3.05, 3.63) is 17.8 Å². The zero-order valence-electron chi connectivity index (χ0n) is 12.1. The molecule has 20 heavy (non-hydrogen) atoms. The normalized spacial score (nSPS) is 29.8. The van der Waals surface area contributed by atoms with E-state index in [1.54, 1.807) is 0 Å². The second-order valence-electron chi connectivity index (χ2n) is 6.30. The number of piperidine rings is 2. The summed E-state index contributed by atoms with van der Waals surface area (Å²) in [5.41, 5.74) is 0.452. The lowest BCUT2D eigenvalue weighted by Gasteiger charge is -2.47. The molecule has 1 amide bonds. The number of rotatable bonds is 2. The lowest BCUT2D eigenvalue weighted by molar-refractivity contribution is -0.0155. The standard InChI is InChI=1S/C15H22N2O3/c1-9(2)14-13(16-8-20-14)15(19)17-10-4-3-5-11(17)7-12(18)6-10/h8-12,18H,3-7H2,1-2H3/t10-,11+,12?. The zero-order valence-corrected chi connectivity index (χ0v) is 12.1. The molecule has 0 saturated carbocycles. The summed E-state index contributed by atoms with van der Waals surface area (Å²) in [7, 11) is 0. The van der Waals surface area contributed by atoms with Crippen LogP contribution in [0.25, 0.3) is 0 Å². The summed E-state index contributed by atoms with van der Waals surface area (Å²) in [5.74, 6) is 0.787. The number of nitrogens with zero attached hydrogens (tertiary/aromatic N) is 2. The van der Waals surface area contributed by atoms with Crippen LogP contribution in [0.15, 0.2) is 10.8 Å². The molecule has 110 valence electrons. The predicted molar refractivity (Wildman–Crippen MR) is 73.4 cm³/mol. The van der Waals surface area contributed by atoms with E-state index in [1.807, 2.05) is 18.7 Å². The first-order chi connectivity index (χ1) is 9.58. The number of hydrogen-bond acceptors (Lipinski definition) is 4. The third kappa shape index (κ3) is 2.24. The smallest absolute Gasteiger partial charge is 0.276 e. The second kappa shape index (κ2) is 5.20. The van der Waals surface area contributed by atoms with Crippen LogP contribution in [0.3, 0.4) is 0 Å². The SMILES string of the molecule is CC(C)c1ocnc1C(=O)N1[C@@H]2CCC[C@H]1CC(O)C2. The predicted octanol–water partition coefficient (Wildman–Crippen LogP) is 2.32. The summed E-state index contributed by atoms with van der Waals surface area (Å²) in [4.78, 5) is 18.9. The average Bonchev–Trinajstić information content (AvgIpc) is 2.86. The van der Waals surface area contributed by atoms with E-state index in [1.165, 1.54) is 6.39 Å². The largest absolute Gasteiger partial charge is 0.447 e. The Morgan fingerprint density at radius 3 is 2.65 bits per heavy atom. The van der Waals surface area contributed by atoms with Gasteiger partial charge in [0.1, 0.15) is 5.76 Å². The minimum atomic E-state index is -0.267. The molecule has 2 saturated heterocycles. The Hall–Kier alpha value is -1.36. The van der Waals surface area contributed by atoms with Crippen molar-refractivity contribution in [3.8, 4) is 0 Å². The first-order valence-corrected chi connectivity index (χ1v) is 7.52. The van der Waals surface area contributed by atoms with Gasteiger partial charge in [-0.2, -0.15) is 0 Å². The van der Waals surface area contributed by atoms with Gasteiger partial charge in [-0.05, 0) is 32.1 Å². The van der Waals surface area contributed by atoms with Crippen LogP contribution in [0, 0.1) is 0 Å². The summed E-state index contributed by atoms with van der Waals surface area (Å²) in [6.07, 6.45) is 5.58. The van der Waals surface area contributed by atoms with Crippen LogP contribution in [0.5, 0.6) is 0 Å². The third-order valence-corrected chi connectivity index (χ3v) is 4.51. The molecule has 2 bridgehead atoms. The van der Waals surface area contributed by atoms with Crippen molar-refractivity contribution in [2.24, 2.45) is 0 Å². The van der Waals surface area contributed by atoms with Crippen molar-refractivity contribution in [1.82, 2.24) is 9.88 Å². The highest BCUT2D eigenvalue weighted by Crippen LogP contribution is 2.35. The molecule has 0 aliphatic carbocycles. The minimum Gasteiger partial charge on any atom is -0.447 e. The summed E-state index contributed by atoms with van der Waals surface area (Å²) < 4.78 is 5.37.